The Hall–Kier alpha value is -3.08. The Morgan fingerprint density at radius 3 is 2.50 bits per heavy atom. The normalized spacial score (nSPS) is 10.6. The molecule has 0 spiro atoms. The Labute approximate surface area is 138 Å². The molecule has 0 bridgehead atoms. The van der Waals surface area contributed by atoms with Crippen molar-refractivity contribution in [3.8, 4) is 16.9 Å². The average molecular weight is 324 g/mol. The van der Waals surface area contributed by atoms with Crippen LogP contribution in [0.5, 0.6) is 5.75 Å². The summed E-state index contributed by atoms with van der Waals surface area (Å²) in [5, 5.41) is 0.961. The average Bonchev–Trinajstić information content (AvgIpc) is 2.62. The topological polar surface area (TPSA) is 65.7 Å². The lowest BCUT2D eigenvalue weighted by Crippen LogP contribution is -2.12. The molecule has 0 aliphatic carbocycles. The number of fused-ring (bicyclic) bond motifs is 1. The lowest BCUT2D eigenvalue weighted by Gasteiger charge is -2.12. The Morgan fingerprint density at radius 1 is 1.08 bits per heavy atom. The summed E-state index contributed by atoms with van der Waals surface area (Å²) in [6, 6.07) is 14.3. The van der Waals surface area contributed by atoms with Gasteiger partial charge in [-0.25, -0.2) is 9.59 Å². The van der Waals surface area contributed by atoms with Crippen LogP contribution < -0.4 is 10.4 Å². The van der Waals surface area contributed by atoms with Crippen LogP contribution in [0.2, 0.25) is 0 Å². The minimum atomic E-state index is -0.668. The maximum atomic E-state index is 12.3. The zero-order valence-electron chi connectivity index (χ0n) is 13.4. The zero-order valence-corrected chi connectivity index (χ0v) is 13.4. The van der Waals surface area contributed by atoms with Gasteiger partial charge in [0.2, 0.25) is 5.76 Å². The summed E-state index contributed by atoms with van der Waals surface area (Å²) in [4.78, 5) is 24.6. The molecule has 24 heavy (non-hydrogen) atoms. The Balaban J connectivity index is 2.41. The van der Waals surface area contributed by atoms with Crippen LogP contribution in [0.25, 0.3) is 21.9 Å². The first kappa shape index (κ1) is 15.8. The SMILES string of the molecule is CCOC(=O)c1oc(=O)c2ccc(OC)cc2c1-c1ccccc1. The van der Waals surface area contributed by atoms with E-state index in [0.717, 1.165) is 5.56 Å². The van der Waals surface area contributed by atoms with Gasteiger partial charge in [-0.05, 0) is 30.7 Å². The highest BCUT2D eigenvalue weighted by Gasteiger charge is 2.22. The van der Waals surface area contributed by atoms with Gasteiger partial charge in [-0.3, -0.25) is 0 Å². The molecule has 0 saturated heterocycles. The molecule has 1 aromatic heterocycles. The van der Waals surface area contributed by atoms with Crippen molar-refractivity contribution in [2.75, 3.05) is 13.7 Å². The molecule has 0 amide bonds. The largest absolute Gasteiger partial charge is 0.497 e. The molecular formula is C19H16O5. The van der Waals surface area contributed by atoms with Crippen molar-refractivity contribution < 1.29 is 18.7 Å². The van der Waals surface area contributed by atoms with Gasteiger partial charge in [0.1, 0.15) is 5.75 Å². The van der Waals surface area contributed by atoms with E-state index >= 15 is 0 Å². The van der Waals surface area contributed by atoms with Crippen LogP contribution in [0.15, 0.2) is 57.7 Å². The molecule has 0 aliphatic heterocycles. The highest BCUT2D eigenvalue weighted by Crippen LogP contribution is 2.33. The fourth-order valence-electron chi connectivity index (χ4n) is 2.59. The predicted octanol–water partition coefficient (Wildman–Crippen LogP) is 3.65. The summed E-state index contributed by atoms with van der Waals surface area (Å²) < 4.78 is 15.6. The first-order valence-corrected chi connectivity index (χ1v) is 7.53. The van der Waals surface area contributed by atoms with Crippen molar-refractivity contribution in [2.45, 2.75) is 6.92 Å². The lowest BCUT2D eigenvalue weighted by atomic mass is 9.98. The minimum Gasteiger partial charge on any atom is -0.497 e. The minimum absolute atomic E-state index is 0.103. The number of hydrogen-bond acceptors (Lipinski definition) is 5. The van der Waals surface area contributed by atoms with E-state index in [1.54, 1.807) is 32.2 Å². The van der Waals surface area contributed by atoms with Gasteiger partial charge in [-0.1, -0.05) is 30.3 Å². The summed E-state index contributed by atoms with van der Waals surface area (Å²) in [5.41, 5.74) is 0.681. The van der Waals surface area contributed by atoms with Crippen molar-refractivity contribution >= 4 is 16.7 Å². The van der Waals surface area contributed by atoms with Gasteiger partial charge >= 0.3 is 11.6 Å². The predicted molar refractivity (Wildman–Crippen MR) is 90.4 cm³/mol. The van der Waals surface area contributed by atoms with E-state index < -0.39 is 11.6 Å². The first-order valence-electron chi connectivity index (χ1n) is 7.53. The second kappa shape index (κ2) is 6.58. The van der Waals surface area contributed by atoms with Crippen molar-refractivity contribution in [3.63, 3.8) is 0 Å². The molecule has 5 heteroatoms. The quantitative estimate of drug-likeness (QED) is 0.685. The molecule has 0 N–H and O–H groups in total. The van der Waals surface area contributed by atoms with Crippen LogP contribution in [-0.2, 0) is 4.74 Å². The molecule has 3 aromatic rings. The number of esters is 1. The van der Waals surface area contributed by atoms with Crippen LogP contribution in [0.4, 0.5) is 0 Å². The molecular weight excluding hydrogens is 308 g/mol. The maximum absolute atomic E-state index is 12.3. The van der Waals surface area contributed by atoms with Crippen LogP contribution in [0.1, 0.15) is 17.5 Å². The van der Waals surface area contributed by atoms with Gasteiger partial charge in [0, 0.05) is 10.9 Å². The molecule has 0 atom stereocenters. The number of ether oxygens (including phenoxy) is 2. The fraction of sp³-hybridized carbons (Fsp3) is 0.158. The number of hydrogen-bond donors (Lipinski definition) is 0. The second-order valence-corrected chi connectivity index (χ2v) is 5.09. The van der Waals surface area contributed by atoms with Gasteiger partial charge in [-0.2, -0.15) is 0 Å². The summed E-state index contributed by atoms with van der Waals surface area (Å²) in [6.07, 6.45) is 0. The van der Waals surface area contributed by atoms with E-state index in [1.807, 2.05) is 30.3 Å². The lowest BCUT2D eigenvalue weighted by molar-refractivity contribution is 0.0487. The third kappa shape index (κ3) is 2.76. The molecule has 0 unspecified atom stereocenters. The van der Waals surface area contributed by atoms with Gasteiger partial charge in [-0.15, -0.1) is 0 Å². The van der Waals surface area contributed by atoms with E-state index in [-0.39, 0.29) is 12.4 Å². The molecule has 0 radical (unpaired) electrons. The monoisotopic (exact) mass is 324 g/mol. The van der Waals surface area contributed by atoms with Crippen molar-refractivity contribution in [1.82, 2.24) is 0 Å². The van der Waals surface area contributed by atoms with E-state index in [0.29, 0.717) is 22.1 Å². The smallest absolute Gasteiger partial charge is 0.375 e. The molecule has 0 fully saturated rings. The summed E-state index contributed by atoms with van der Waals surface area (Å²) in [7, 11) is 1.54. The summed E-state index contributed by atoms with van der Waals surface area (Å²) >= 11 is 0. The molecule has 2 aromatic carbocycles. The second-order valence-electron chi connectivity index (χ2n) is 5.09. The van der Waals surface area contributed by atoms with Gasteiger partial charge in [0.05, 0.1) is 19.1 Å². The van der Waals surface area contributed by atoms with Crippen molar-refractivity contribution in [2.24, 2.45) is 0 Å². The van der Waals surface area contributed by atoms with Gasteiger partial charge in [0.15, 0.2) is 0 Å². The van der Waals surface area contributed by atoms with Gasteiger partial charge in [0.25, 0.3) is 0 Å². The van der Waals surface area contributed by atoms with Crippen LogP contribution in [0.3, 0.4) is 0 Å². The zero-order chi connectivity index (χ0) is 17.1. The molecule has 5 nitrogen and oxygen atoms in total. The maximum Gasteiger partial charge on any atom is 0.375 e. The standard InChI is InChI=1S/C19H16O5/c1-3-23-19(21)17-16(12-7-5-4-6-8-12)15-11-13(22-2)9-10-14(15)18(20)24-17/h4-11H,3H2,1-2H3. The summed E-state index contributed by atoms with van der Waals surface area (Å²) in [6.45, 7) is 1.88. The number of methoxy groups -OCH3 is 1. The van der Waals surface area contributed by atoms with E-state index in [2.05, 4.69) is 0 Å². The van der Waals surface area contributed by atoms with Crippen molar-refractivity contribution in [3.05, 3.63) is 64.7 Å². The van der Waals surface area contributed by atoms with Crippen LogP contribution in [0, 0.1) is 0 Å². The van der Waals surface area contributed by atoms with E-state index in [9.17, 15) is 9.59 Å². The molecule has 0 saturated carbocycles. The molecule has 1 heterocycles. The summed E-state index contributed by atoms with van der Waals surface area (Å²) in [5.74, 6) is -0.188. The molecule has 0 aliphatic rings. The van der Waals surface area contributed by atoms with E-state index in [1.165, 1.54) is 0 Å². The first-order chi connectivity index (χ1) is 11.7. The number of rotatable bonds is 4. The molecule has 3 rings (SSSR count). The number of carbonyl (C=O) groups excluding carboxylic acids is 1. The highest BCUT2D eigenvalue weighted by molar-refractivity contribution is 6.05. The fourth-order valence-corrected chi connectivity index (χ4v) is 2.59. The van der Waals surface area contributed by atoms with Gasteiger partial charge < -0.3 is 13.9 Å². The number of carbonyl (C=O) groups is 1. The number of benzene rings is 2. The Kier molecular flexibility index (Phi) is 4.33. The Morgan fingerprint density at radius 2 is 1.83 bits per heavy atom. The third-order valence-corrected chi connectivity index (χ3v) is 3.66. The third-order valence-electron chi connectivity index (χ3n) is 3.66. The van der Waals surface area contributed by atoms with Crippen LogP contribution in [-0.4, -0.2) is 19.7 Å². The Bertz CT molecular complexity index is 941. The molecule has 122 valence electrons. The highest BCUT2D eigenvalue weighted by atomic mass is 16.5. The van der Waals surface area contributed by atoms with E-state index in [4.69, 9.17) is 13.9 Å². The van der Waals surface area contributed by atoms with Crippen LogP contribution >= 0.6 is 0 Å². The van der Waals surface area contributed by atoms with Crippen molar-refractivity contribution in [1.29, 1.82) is 0 Å².